The Hall–Kier alpha value is -2.90. The maximum absolute atomic E-state index is 10.6. The van der Waals surface area contributed by atoms with Gasteiger partial charge in [0.05, 0.1) is 23.9 Å². The maximum Gasteiger partial charge on any atom is 0.490 e. The van der Waals surface area contributed by atoms with Crippen LogP contribution in [0, 0.1) is 11.3 Å². The van der Waals surface area contributed by atoms with Crippen LogP contribution in [0.15, 0.2) is 36.7 Å². The molecule has 0 aliphatic carbocycles. The Morgan fingerprint density at radius 2 is 2.07 bits per heavy atom. The molecule has 1 aromatic carbocycles. The highest BCUT2D eigenvalue weighted by Gasteiger charge is 2.38. The van der Waals surface area contributed by atoms with Crippen LogP contribution in [0.1, 0.15) is 23.1 Å². The minimum absolute atomic E-state index is 0.106. The molecule has 156 valence electrons. The number of nitriles is 1. The van der Waals surface area contributed by atoms with Crippen LogP contribution in [0.3, 0.4) is 0 Å². The Morgan fingerprint density at radius 1 is 1.38 bits per heavy atom. The molecule has 10 heteroatoms. The molecule has 1 aromatic heterocycles. The fourth-order valence-electron chi connectivity index (χ4n) is 3.15. The SMILES string of the molecule is Cn1cc(C[C@H]2[C@@H](O)CCN2Cc2cccc(C#N)c2)cn1.O=C(O)C(F)(F)F. The van der Waals surface area contributed by atoms with E-state index in [1.54, 1.807) is 4.68 Å². The fourth-order valence-corrected chi connectivity index (χ4v) is 3.15. The number of likely N-dealkylation sites (tertiary alicyclic amines) is 1. The van der Waals surface area contributed by atoms with Gasteiger partial charge < -0.3 is 10.2 Å². The van der Waals surface area contributed by atoms with Crippen LogP contribution in [0.4, 0.5) is 13.2 Å². The van der Waals surface area contributed by atoms with Crippen LogP contribution in [-0.4, -0.2) is 55.7 Å². The van der Waals surface area contributed by atoms with E-state index < -0.39 is 12.1 Å². The number of carboxylic acids is 1. The average Bonchev–Trinajstić information content (AvgIpc) is 3.22. The first-order valence-electron chi connectivity index (χ1n) is 8.79. The monoisotopic (exact) mass is 410 g/mol. The van der Waals surface area contributed by atoms with Crippen molar-refractivity contribution in [2.75, 3.05) is 6.54 Å². The number of aryl methyl sites for hydroxylation is 1. The normalized spacial score (nSPS) is 19.3. The van der Waals surface area contributed by atoms with E-state index in [1.807, 2.05) is 43.7 Å². The lowest BCUT2D eigenvalue weighted by Gasteiger charge is -2.26. The van der Waals surface area contributed by atoms with E-state index in [9.17, 15) is 18.3 Å². The van der Waals surface area contributed by atoms with Crippen molar-refractivity contribution >= 4 is 5.97 Å². The summed E-state index contributed by atoms with van der Waals surface area (Å²) < 4.78 is 33.5. The number of benzene rings is 1. The average molecular weight is 410 g/mol. The van der Waals surface area contributed by atoms with Gasteiger partial charge in [-0.15, -0.1) is 0 Å². The smallest absolute Gasteiger partial charge is 0.475 e. The number of hydrogen-bond acceptors (Lipinski definition) is 5. The third kappa shape index (κ3) is 6.58. The number of alkyl halides is 3. The second kappa shape index (κ2) is 9.54. The van der Waals surface area contributed by atoms with Crippen LogP contribution in [0.2, 0.25) is 0 Å². The summed E-state index contributed by atoms with van der Waals surface area (Å²) in [4.78, 5) is 11.2. The number of halogens is 3. The van der Waals surface area contributed by atoms with Crippen molar-refractivity contribution < 1.29 is 28.2 Å². The van der Waals surface area contributed by atoms with E-state index in [0.29, 0.717) is 5.56 Å². The highest BCUT2D eigenvalue weighted by Crippen LogP contribution is 2.24. The van der Waals surface area contributed by atoms with Gasteiger partial charge in [-0.1, -0.05) is 12.1 Å². The molecule has 2 N–H and O–H groups in total. The van der Waals surface area contributed by atoms with E-state index in [4.69, 9.17) is 15.2 Å². The third-order valence-electron chi connectivity index (χ3n) is 4.51. The molecule has 0 radical (unpaired) electrons. The van der Waals surface area contributed by atoms with Gasteiger partial charge in [0.2, 0.25) is 0 Å². The Kier molecular flexibility index (Phi) is 7.36. The summed E-state index contributed by atoms with van der Waals surface area (Å²) >= 11 is 0. The number of carbonyl (C=O) groups is 1. The van der Waals surface area contributed by atoms with Gasteiger partial charge >= 0.3 is 12.1 Å². The van der Waals surface area contributed by atoms with E-state index >= 15 is 0 Å². The highest BCUT2D eigenvalue weighted by atomic mass is 19.4. The number of aliphatic hydroxyl groups excluding tert-OH is 1. The van der Waals surface area contributed by atoms with Crippen LogP contribution in [0.25, 0.3) is 0 Å². The Bertz CT molecular complexity index is 876. The molecule has 1 aliphatic rings. The van der Waals surface area contributed by atoms with Gasteiger partial charge in [-0.05, 0) is 36.1 Å². The van der Waals surface area contributed by atoms with Gasteiger partial charge in [-0.25, -0.2) is 4.79 Å². The molecule has 0 unspecified atom stereocenters. The Morgan fingerprint density at radius 3 is 2.62 bits per heavy atom. The van der Waals surface area contributed by atoms with Crippen LogP contribution < -0.4 is 0 Å². The number of aromatic nitrogens is 2. The minimum atomic E-state index is -5.08. The largest absolute Gasteiger partial charge is 0.490 e. The Labute approximate surface area is 165 Å². The Balaban J connectivity index is 0.000000370. The predicted octanol–water partition coefficient (Wildman–Crippen LogP) is 2.10. The zero-order chi connectivity index (χ0) is 21.6. The predicted molar refractivity (Wildman–Crippen MR) is 96.6 cm³/mol. The molecule has 2 atom stereocenters. The van der Waals surface area contributed by atoms with E-state index in [1.165, 1.54) is 0 Å². The number of hydrogen-bond donors (Lipinski definition) is 2. The standard InChI is InChI=1S/C17H20N4O.C2HF3O2/c1-20-11-15(10-19-20)8-16-17(22)5-6-21(16)12-14-4-2-3-13(7-14)9-18;3-2(4,5)1(6)7/h2-4,7,10-11,16-17,22H,5-6,8,12H2,1H3;(H,6,7)/t16-,17-;/m0./s1. The summed E-state index contributed by atoms with van der Waals surface area (Å²) in [6.07, 6.45) is 0.0638. The highest BCUT2D eigenvalue weighted by molar-refractivity contribution is 5.73. The van der Waals surface area contributed by atoms with Gasteiger partial charge in [0.1, 0.15) is 0 Å². The molecule has 2 aromatic rings. The van der Waals surface area contributed by atoms with Crippen molar-refractivity contribution in [3.8, 4) is 6.07 Å². The molecule has 3 rings (SSSR count). The maximum atomic E-state index is 10.6. The molecule has 2 heterocycles. The summed E-state index contributed by atoms with van der Waals surface area (Å²) in [7, 11) is 1.90. The number of aliphatic hydroxyl groups is 1. The molecule has 1 fully saturated rings. The lowest BCUT2D eigenvalue weighted by atomic mass is 10.0. The van der Waals surface area contributed by atoms with Crippen LogP contribution in [0.5, 0.6) is 0 Å². The van der Waals surface area contributed by atoms with E-state index in [2.05, 4.69) is 16.1 Å². The van der Waals surface area contributed by atoms with Crippen molar-refractivity contribution in [2.45, 2.75) is 37.7 Å². The first-order valence-corrected chi connectivity index (χ1v) is 8.79. The molecule has 0 amide bonds. The van der Waals surface area contributed by atoms with Crippen molar-refractivity contribution in [3.05, 3.63) is 53.3 Å². The second-order valence-corrected chi connectivity index (χ2v) is 6.74. The van der Waals surface area contributed by atoms with Crippen molar-refractivity contribution in [3.63, 3.8) is 0 Å². The molecule has 1 saturated heterocycles. The molecular weight excluding hydrogens is 389 g/mol. The third-order valence-corrected chi connectivity index (χ3v) is 4.51. The van der Waals surface area contributed by atoms with Crippen molar-refractivity contribution in [1.29, 1.82) is 5.26 Å². The number of rotatable bonds is 4. The number of aliphatic carboxylic acids is 1. The van der Waals surface area contributed by atoms with Gasteiger partial charge in [0, 0.05) is 32.4 Å². The summed E-state index contributed by atoms with van der Waals surface area (Å²) in [6, 6.07) is 9.97. The molecular formula is C19H21F3N4O3. The molecule has 1 aliphatic heterocycles. The zero-order valence-corrected chi connectivity index (χ0v) is 15.7. The molecule has 7 nitrogen and oxygen atoms in total. The fraction of sp³-hybridized carbons (Fsp3) is 0.421. The molecule has 0 spiro atoms. The van der Waals surface area contributed by atoms with Crippen molar-refractivity contribution in [1.82, 2.24) is 14.7 Å². The first kappa shape index (κ1) is 22.4. The van der Waals surface area contributed by atoms with Crippen LogP contribution >= 0.6 is 0 Å². The summed E-state index contributed by atoms with van der Waals surface area (Å²) in [5.74, 6) is -2.76. The van der Waals surface area contributed by atoms with Gasteiger partial charge in [-0.2, -0.15) is 23.5 Å². The van der Waals surface area contributed by atoms with Gasteiger partial charge in [0.25, 0.3) is 0 Å². The van der Waals surface area contributed by atoms with Crippen LogP contribution in [-0.2, 0) is 24.8 Å². The summed E-state index contributed by atoms with van der Waals surface area (Å²) in [6.45, 7) is 1.64. The molecule has 0 saturated carbocycles. The number of nitrogens with zero attached hydrogens (tertiary/aromatic N) is 4. The van der Waals surface area contributed by atoms with Gasteiger partial charge in [-0.3, -0.25) is 9.58 Å². The first-order chi connectivity index (χ1) is 13.6. The molecule has 29 heavy (non-hydrogen) atoms. The number of carboxylic acid groups (broad SMARTS) is 1. The van der Waals surface area contributed by atoms with Gasteiger partial charge in [0.15, 0.2) is 0 Å². The topological polar surface area (TPSA) is 102 Å². The van der Waals surface area contributed by atoms with E-state index in [0.717, 1.165) is 37.1 Å². The molecule has 0 bridgehead atoms. The summed E-state index contributed by atoms with van der Waals surface area (Å²) in [5.41, 5.74) is 2.94. The zero-order valence-electron chi connectivity index (χ0n) is 15.7. The van der Waals surface area contributed by atoms with E-state index in [-0.39, 0.29) is 12.1 Å². The lowest BCUT2D eigenvalue weighted by Crippen LogP contribution is -2.36. The lowest BCUT2D eigenvalue weighted by molar-refractivity contribution is -0.192. The quantitative estimate of drug-likeness (QED) is 0.800. The minimum Gasteiger partial charge on any atom is -0.475 e. The summed E-state index contributed by atoms with van der Waals surface area (Å²) in [5, 5.41) is 30.6. The van der Waals surface area contributed by atoms with Crippen molar-refractivity contribution in [2.24, 2.45) is 7.05 Å². The second-order valence-electron chi connectivity index (χ2n) is 6.74.